The van der Waals surface area contributed by atoms with E-state index in [0.29, 0.717) is 22.2 Å². The van der Waals surface area contributed by atoms with Crippen molar-refractivity contribution >= 4 is 28.5 Å². The summed E-state index contributed by atoms with van der Waals surface area (Å²) in [4.78, 5) is 12.4. The Balaban J connectivity index is 2.37. The van der Waals surface area contributed by atoms with E-state index in [1.807, 2.05) is 26.0 Å². The summed E-state index contributed by atoms with van der Waals surface area (Å²) in [6, 6.07) is 3.37. The minimum Gasteiger partial charge on any atom is -0.493 e. The molecule has 1 aromatic carbocycles. The van der Waals surface area contributed by atoms with Crippen molar-refractivity contribution in [2.24, 2.45) is 0 Å². The molecule has 2 rings (SSSR count). The van der Waals surface area contributed by atoms with Crippen LogP contribution in [0.2, 0.25) is 0 Å². The largest absolute Gasteiger partial charge is 0.493 e. The van der Waals surface area contributed by atoms with E-state index in [1.165, 1.54) is 18.4 Å². The summed E-state index contributed by atoms with van der Waals surface area (Å²) >= 11 is 1.32. The Morgan fingerprint density at radius 3 is 2.59 bits per heavy atom. The van der Waals surface area contributed by atoms with Crippen molar-refractivity contribution in [3.05, 3.63) is 34.3 Å². The van der Waals surface area contributed by atoms with Gasteiger partial charge in [-0.25, -0.2) is 0 Å². The summed E-state index contributed by atoms with van der Waals surface area (Å²) in [7, 11) is 3.10. The van der Waals surface area contributed by atoms with Gasteiger partial charge < -0.3 is 9.47 Å². The highest BCUT2D eigenvalue weighted by atomic mass is 32.1. The fourth-order valence-electron chi connectivity index (χ4n) is 1.94. The molecule has 1 N–H and O–H groups in total. The van der Waals surface area contributed by atoms with Crippen LogP contribution in [0.1, 0.15) is 27.9 Å². The molecule has 0 unspecified atom stereocenters. The predicted octanol–water partition coefficient (Wildman–Crippen LogP) is 3.15. The number of carbonyl (C=O) groups is 1. The Morgan fingerprint density at radius 2 is 2.05 bits per heavy atom. The van der Waals surface area contributed by atoms with Crippen molar-refractivity contribution in [1.82, 2.24) is 10.2 Å². The molecule has 0 aliphatic carbocycles. The van der Waals surface area contributed by atoms with Crippen LogP contribution in [0, 0.1) is 6.92 Å². The van der Waals surface area contributed by atoms with Crippen LogP contribution in [0.4, 0.5) is 5.13 Å². The topological polar surface area (TPSA) is 73.3 Å². The maximum atomic E-state index is 12.4. The normalized spacial score (nSPS) is 10.7. The monoisotopic (exact) mass is 319 g/mol. The Bertz CT molecular complexity index is 710. The molecule has 22 heavy (non-hydrogen) atoms. The number of nitrogens with zero attached hydrogens (tertiary/aromatic N) is 2. The molecule has 0 radical (unpaired) electrons. The maximum absolute atomic E-state index is 12.4. The van der Waals surface area contributed by atoms with Crippen molar-refractivity contribution in [1.29, 1.82) is 0 Å². The van der Waals surface area contributed by atoms with Gasteiger partial charge in [-0.15, -0.1) is 10.2 Å². The lowest BCUT2D eigenvalue weighted by Crippen LogP contribution is -2.12. The number of hydrogen-bond acceptors (Lipinski definition) is 6. The number of benzene rings is 1. The molecule has 0 bridgehead atoms. The zero-order chi connectivity index (χ0) is 16.1. The Labute approximate surface area is 132 Å². The molecule has 0 saturated heterocycles. The van der Waals surface area contributed by atoms with Gasteiger partial charge in [-0.2, -0.15) is 0 Å². The molecule has 0 aliphatic rings. The third kappa shape index (κ3) is 3.43. The standard InChI is InChI=1S/C15H17N3O3S/c1-5-6-10-7-11(8-12(20-3)13(10)21-4)14(19)16-15-18-17-9(2)22-15/h5-8H,1-4H3,(H,16,18,19)/b6-5+. The number of aryl methyl sites for hydroxylation is 1. The Kier molecular flexibility index (Phi) is 5.11. The van der Waals surface area contributed by atoms with E-state index in [9.17, 15) is 4.79 Å². The molecule has 0 atom stereocenters. The van der Waals surface area contributed by atoms with Crippen molar-refractivity contribution < 1.29 is 14.3 Å². The van der Waals surface area contributed by atoms with Gasteiger partial charge in [0.25, 0.3) is 5.91 Å². The quantitative estimate of drug-likeness (QED) is 0.916. The number of carbonyl (C=O) groups excluding carboxylic acids is 1. The van der Waals surface area contributed by atoms with Crippen molar-refractivity contribution in [2.75, 3.05) is 19.5 Å². The van der Waals surface area contributed by atoms with Gasteiger partial charge in [-0.05, 0) is 26.0 Å². The van der Waals surface area contributed by atoms with Crippen LogP contribution >= 0.6 is 11.3 Å². The van der Waals surface area contributed by atoms with Crippen molar-refractivity contribution in [3.63, 3.8) is 0 Å². The molecule has 0 fully saturated rings. The molecule has 1 amide bonds. The van der Waals surface area contributed by atoms with Crippen LogP contribution in [0.15, 0.2) is 18.2 Å². The highest BCUT2D eigenvalue weighted by Crippen LogP contribution is 2.33. The molecular formula is C15H17N3O3S. The molecule has 116 valence electrons. The first-order valence-electron chi connectivity index (χ1n) is 6.59. The second-order valence-electron chi connectivity index (χ2n) is 4.38. The van der Waals surface area contributed by atoms with E-state index in [4.69, 9.17) is 9.47 Å². The summed E-state index contributed by atoms with van der Waals surface area (Å²) in [5.74, 6) is 0.809. The summed E-state index contributed by atoms with van der Waals surface area (Å²) in [6.07, 6.45) is 3.72. The molecule has 0 aliphatic heterocycles. The van der Waals surface area contributed by atoms with E-state index in [-0.39, 0.29) is 5.91 Å². The van der Waals surface area contributed by atoms with Gasteiger partial charge in [0.1, 0.15) is 5.01 Å². The number of anilines is 1. The third-order valence-electron chi connectivity index (χ3n) is 2.86. The fourth-order valence-corrected chi connectivity index (χ4v) is 2.53. The lowest BCUT2D eigenvalue weighted by atomic mass is 10.1. The van der Waals surface area contributed by atoms with Gasteiger partial charge >= 0.3 is 0 Å². The van der Waals surface area contributed by atoms with Gasteiger partial charge in [0.05, 0.1) is 14.2 Å². The molecule has 6 nitrogen and oxygen atoms in total. The highest BCUT2D eigenvalue weighted by Gasteiger charge is 2.16. The molecule has 0 saturated carbocycles. The predicted molar refractivity (Wildman–Crippen MR) is 86.9 cm³/mol. The average Bonchev–Trinajstić information content (AvgIpc) is 2.91. The molecule has 7 heteroatoms. The average molecular weight is 319 g/mol. The summed E-state index contributed by atoms with van der Waals surface area (Å²) < 4.78 is 10.7. The summed E-state index contributed by atoms with van der Waals surface area (Å²) in [5, 5.41) is 11.7. The first-order valence-corrected chi connectivity index (χ1v) is 7.40. The number of amides is 1. The zero-order valence-electron chi connectivity index (χ0n) is 12.8. The number of allylic oxidation sites excluding steroid dienone is 1. The first-order chi connectivity index (χ1) is 10.6. The number of methoxy groups -OCH3 is 2. The number of rotatable bonds is 5. The van der Waals surface area contributed by atoms with Crippen LogP contribution in [0.25, 0.3) is 6.08 Å². The Morgan fingerprint density at radius 1 is 1.27 bits per heavy atom. The molecular weight excluding hydrogens is 302 g/mol. The van der Waals surface area contributed by atoms with Crippen molar-refractivity contribution in [3.8, 4) is 11.5 Å². The minimum absolute atomic E-state index is 0.275. The second-order valence-corrected chi connectivity index (χ2v) is 5.56. The third-order valence-corrected chi connectivity index (χ3v) is 3.62. The van der Waals surface area contributed by atoms with Crippen LogP contribution in [-0.2, 0) is 0 Å². The molecule has 1 aromatic heterocycles. The number of hydrogen-bond donors (Lipinski definition) is 1. The van der Waals surface area contributed by atoms with Crippen LogP contribution in [-0.4, -0.2) is 30.3 Å². The van der Waals surface area contributed by atoms with E-state index in [1.54, 1.807) is 19.2 Å². The Hall–Kier alpha value is -2.41. The van der Waals surface area contributed by atoms with Gasteiger partial charge in [-0.3, -0.25) is 10.1 Å². The summed E-state index contributed by atoms with van der Waals surface area (Å²) in [6.45, 7) is 3.72. The first kappa shape index (κ1) is 16.0. The maximum Gasteiger partial charge on any atom is 0.257 e. The number of aromatic nitrogens is 2. The zero-order valence-corrected chi connectivity index (χ0v) is 13.7. The van der Waals surface area contributed by atoms with Gasteiger partial charge in [0.2, 0.25) is 5.13 Å². The van der Waals surface area contributed by atoms with Crippen LogP contribution in [0.3, 0.4) is 0 Å². The van der Waals surface area contributed by atoms with E-state index < -0.39 is 0 Å². The van der Waals surface area contributed by atoms with E-state index >= 15 is 0 Å². The van der Waals surface area contributed by atoms with Crippen molar-refractivity contribution in [2.45, 2.75) is 13.8 Å². The smallest absolute Gasteiger partial charge is 0.257 e. The molecule has 1 heterocycles. The number of ether oxygens (including phenoxy) is 2. The van der Waals surface area contributed by atoms with E-state index in [0.717, 1.165) is 10.6 Å². The molecule has 2 aromatic rings. The summed E-state index contributed by atoms with van der Waals surface area (Å²) in [5.41, 5.74) is 1.22. The number of nitrogens with one attached hydrogen (secondary N) is 1. The van der Waals surface area contributed by atoms with E-state index in [2.05, 4.69) is 15.5 Å². The fraction of sp³-hybridized carbons (Fsp3) is 0.267. The van der Waals surface area contributed by atoms with Crippen LogP contribution in [0.5, 0.6) is 11.5 Å². The second kappa shape index (κ2) is 7.04. The lowest BCUT2D eigenvalue weighted by molar-refractivity contribution is 0.102. The highest BCUT2D eigenvalue weighted by molar-refractivity contribution is 7.15. The SMILES string of the molecule is C/C=C/c1cc(C(=O)Nc2nnc(C)s2)cc(OC)c1OC. The minimum atomic E-state index is -0.275. The van der Waals surface area contributed by atoms with Gasteiger partial charge in [0, 0.05) is 11.1 Å². The van der Waals surface area contributed by atoms with Gasteiger partial charge in [0.15, 0.2) is 11.5 Å². The molecule has 0 spiro atoms. The van der Waals surface area contributed by atoms with Gasteiger partial charge in [-0.1, -0.05) is 23.5 Å². The van der Waals surface area contributed by atoms with Crippen LogP contribution < -0.4 is 14.8 Å². The lowest BCUT2D eigenvalue weighted by Gasteiger charge is -2.12.